The van der Waals surface area contributed by atoms with Crippen molar-refractivity contribution < 1.29 is 9.53 Å². The molecule has 0 radical (unpaired) electrons. The molecule has 0 unspecified atom stereocenters. The molecule has 0 bridgehead atoms. The minimum Gasteiger partial charge on any atom is -0.447 e. The van der Waals surface area contributed by atoms with E-state index in [4.69, 9.17) is 4.74 Å². The number of ether oxygens (including phenoxy) is 1. The summed E-state index contributed by atoms with van der Waals surface area (Å²) in [5.74, 6) is 0. The topological polar surface area (TPSA) is 29.5 Å². The number of hydrogen-bond donors (Lipinski definition) is 0. The van der Waals surface area contributed by atoms with E-state index in [0.717, 1.165) is 19.3 Å². The van der Waals surface area contributed by atoms with E-state index in [1.807, 2.05) is 24.4 Å². The first-order chi connectivity index (χ1) is 9.70. The van der Waals surface area contributed by atoms with Crippen molar-refractivity contribution in [2.24, 2.45) is 0 Å². The summed E-state index contributed by atoms with van der Waals surface area (Å²) in [4.78, 5) is 13.6. The number of amides is 1. The van der Waals surface area contributed by atoms with Crippen LogP contribution < -0.4 is 0 Å². The van der Waals surface area contributed by atoms with E-state index in [2.05, 4.69) is 26.0 Å². The molecule has 108 valence electrons. The molecule has 2 rings (SSSR count). The van der Waals surface area contributed by atoms with Gasteiger partial charge < -0.3 is 4.74 Å². The van der Waals surface area contributed by atoms with Gasteiger partial charge in [0.05, 0.1) is 6.04 Å². The van der Waals surface area contributed by atoms with Gasteiger partial charge in [0, 0.05) is 6.20 Å². The second kappa shape index (κ2) is 7.13. The van der Waals surface area contributed by atoms with Crippen molar-refractivity contribution in [3.05, 3.63) is 47.7 Å². The lowest BCUT2D eigenvalue weighted by atomic mass is 10.1. The first kappa shape index (κ1) is 14.6. The van der Waals surface area contributed by atoms with Crippen molar-refractivity contribution in [3.8, 4) is 0 Å². The fourth-order valence-electron chi connectivity index (χ4n) is 2.43. The number of benzene rings is 1. The molecule has 1 atom stereocenters. The summed E-state index contributed by atoms with van der Waals surface area (Å²) in [5, 5.41) is 0. The Morgan fingerprint density at radius 1 is 1.40 bits per heavy atom. The van der Waals surface area contributed by atoms with Crippen molar-refractivity contribution in [1.82, 2.24) is 4.90 Å². The van der Waals surface area contributed by atoms with Gasteiger partial charge in [-0.1, -0.05) is 49.2 Å². The Morgan fingerprint density at radius 3 is 2.85 bits per heavy atom. The molecule has 3 heteroatoms. The standard InChI is InChI=1S/C17H23NO2/c1-3-4-8-14(2)12-18-16(13-20-17(18)19)11-15-9-6-5-7-10-15/h5-7,9-10,12,16H,3-4,8,11,13H2,1-2H3/b14-12+/t16-/m0/s1. The number of unbranched alkanes of at least 4 members (excludes halogenated alkanes) is 1. The van der Waals surface area contributed by atoms with Crippen LogP contribution in [-0.4, -0.2) is 23.6 Å². The molecule has 1 aromatic rings. The van der Waals surface area contributed by atoms with Gasteiger partial charge in [0.2, 0.25) is 0 Å². The summed E-state index contributed by atoms with van der Waals surface area (Å²) >= 11 is 0. The summed E-state index contributed by atoms with van der Waals surface area (Å²) in [6.07, 6.45) is 5.96. The predicted octanol–water partition coefficient (Wildman–Crippen LogP) is 4.14. The quantitative estimate of drug-likeness (QED) is 0.779. The molecule has 1 heterocycles. The van der Waals surface area contributed by atoms with Crippen LogP contribution >= 0.6 is 0 Å². The van der Waals surface area contributed by atoms with Gasteiger partial charge in [-0.05, 0) is 31.7 Å². The lowest BCUT2D eigenvalue weighted by molar-refractivity contribution is 0.166. The van der Waals surface area contributed by atoms with Gasteiger partial charge in [0.15, 0.2) is 0 Å². The van der Waals surface area contributed by atoms with Crippen LogP contribution in [-0.2, 0) is 11.2 Å². The fourth-order valence-corrected chi connectivity index (χ4v) is 2.43. The van der Waals surface area contributed by atoms with E-state index in [-0.39, 0.29) is 12.1 Å². The molecule has 0 aliphatic carbocycles. The Bertz CT molecular complexity index is 467. The van der Waals surface area contributed by atoms with E-state index in [9.17, 15) is 4.79 Å². The summed E-state index contributed by atoms with van der Waals surface area (Å²) < 4.78 is 5.20. The van der Waals surface area contributed by atoms with Crippen molar-refractivity contribution in [1.29, 1.82) is 0 Å². The van der Waals surface area contributed by atoms with Crippen molar-refractivity contribution >= 4 is 6.09 Å². The van der Waals surface area contributed by atoms with E-state index in [1.165, 1.54) is 17.6 Å². The zero-order chi connectivity index (χ0) is 14.4. The number of carbonyl (C=O) groups is 1. The number of carbonyl (C=O) groups excluding carboxylic acids is 1. The first-order valence-electron chi connectivity index (χ1n) is 7.37. The highest BCUT2D eigenvalue weighted by molar-refractivity contribution is 5.71. The highest BCUT2D eigenvalue weighted by Crippen LogP contribution is 2.19. The third-order valence-corrected chi connectivity index (χ3v) is 3.60. The molecular weight excluding hydrogens is 250 g/mol. The van der Waals surface area contributed by atoms with Crippen LogP contribution in [0.1, 0.15) is 38.7 Å². The van der Waals surface area contributed by atoms with Crippen LogP contribution in [0.3, 0.4) is 0 Å². The van der Waals surface area contributed by atoms with E-state index < -0.39 is 0 Å². The highest BCUT2D eigenvalue weighted by Gasteiger charge is 2.31. The maximum atomic E-state index is 11.8. The molecule has 0 aromatic heterocycles. The van der Waals surface area contributed by atoms with Gasteiger partial charge in [-0.3, -0.25) is 4.90 Å². The summed E-state index contributed by atoms with van der Waals surface area (Å²) in [6, 6.07) is 10.4. The fraction of sp³-hybridized carbons (Fsp3) is 0.471. The maximum Gasteiger partial charge on any atom is 0.414 e. The van der Waals surface area contributed by atoms with E-state index in [1.54, 1.807) is 4.90 Å². The zero-order valence-electron chi connectivity index (χ0n) is 12.3. The molecule has 1 aliphatic rings. The average Bonchev–Trinajstić information content (AvgIpc) is 2.79. The monoisotopic (exact) mass is 273 g/mol. The van der Waals surface area contributed by atoms with Crippen LogP contribution in [0.2, 0.25) is 0 Å². The van der Waals surface area contributed by atoms with E-state index >= 15 is 0 Å². The summed E-state index contributed by atoms with van der Waals surface area (Å²) in [7, 11) is 0. The molecular formula is C17H23NO2. The molecule has 1 fully saturated rings. The summed E-state index contributed by atoms with van der Waals surface area (Å²) in [6.45, 7) is 4.74. The van der Waals surface area contributed by atoms with Crippen molar-refractivity contribution in [3.63, 3.8) is 0 Å². The lowest BCUT2D eigenvalue weighted by Crippen LogP contribution is -2.30. The average molecular weight is 273 g/mol. The minimum absolute atomic E-state index is 0.112. The van der Waals surface area contributed by atoms with Gasteiger partial charge in [0.1, 0.15) is 6.61 Å². The number of nitrogens with zero attached hydrogens (tertiary/aromatic N) is 1. The Labute approximate surface area is 121 Å². The lowest BCUT2D eigenvalue weighted by Gasteiger charge is -2.18. The van der Waals surface area contributed by atoms with Crippen LogP contribution in [0, 0.1) is 0 Å². The van der Waals surface area contributed by atoms with Gasteiger partial charge >= 0.3 is 6.09 Å². The first-order valence-corrected chi connectivity index (χ1v) is 7.37. The molecule has 20 heavy (non-hydrogen) atoms. The molecule has 1 amide bonds. The molecule has 0 N–H and O–H groups in total. The smallest absolute Gasteiger partial charge is 0.414 e. The van der Waals surface area contributed by atoms with Gasteiger partial charge in [0.25, 0.3) is 0 Å². The van der Waals surface area contributed by atoms with Crippen LogP contribution in [0.15, 0.2) is 42.1 Å². The Kier molecular flexibility index (Phi) is 5.22. The third-order valence-electron chi connectivity index (χ3n) is 3.60. The highest BCUT2D eigenvalue weighted by atomic mass is 16.6. The van der Waals surface area contributed by atoms with Gasteiger partial charge in [-0.15, -0.1) is 0 Å². The molecule has 0 saturated carbocycles. The van der Waals surface area contributed by atoms with Gasteiger partial charge in [-0.2, -0.15) is 0 Å². The maximum absolute atomic E-state index is 11.8. The second-order valence-electron chi connectivity index (χ2n) is 5.41. The minimum atomic E-state index is -0.221. The largest absolute Gasteiger partial charge is 0.447 e. The Balaban J connectivity index is 2.03. The van der Waals surface area contributed by atoms with Crippen molar-refractivity contribution in [2.45, 2.75) is 45.6 Å². The molecule has 1 aliphatic heterocycles. The van der Waals surface area contributed by atoms with Crippen LogP contribution in [0.25, 0.3) is 0 Å². The van der Waals surface area contributed by atoms with Crippen molar-refractivity contribution in [2.75, 3.05) is 6.61 Å². The molecule has 3 nitrogen and oxygen atoms in total. The van der Waals surface area contributed by atoms with Gasteiger partial charge in [-0.25, -0.2) is 4.79 Å². The summed E-state index contributed by atoms with van der Waals surface area (Å²) in [5.41, 5.74) is 2.48. The number of rotatable bonds is 6. The van der Waals surface area contributed by atoms with Crippen LogP contribution in [0.5, 0.6) is 0 Å². The normalized spacial score (nSPS) is 19.3. The molecule has 1 saturated heterocycles. The number of cyclic esters (lactones) is 1. The molecule has 0 spiro atoms. The number of allylic oxidation sites excluding steroid dienone is 1. The second-order valence-corrected chi connectivity index (χ2v) is 5.41. The van der Waals surface area contributed by atoms with E-state index in [0.29, 0.717) is 6.61 Å². The SMILES string of the molecule is CCCC/C(C)=C/N1C(=O)OC[C@@H]1Cc1ccccc1. The number of hydrogen-bond acceptors (Lipinski definition) is 2. The predicted molar refractivity (Wildman–Crippen MR) is 80.4 cm³/mol. The Hall–Kier alpha value is -1.77. The Morgan fingerprint density at radius 2 is 2.15 bits per heavy atom. The van der Waals surface area contributed by atoms with Crippen LogP contribution in [0.4, 0.5) is 4.79 Å². The zero-order valence-corrected chi connectivity index (χ0v) is 12.3. The molecule has 1 aromatic carbocycles. The third kappa shape index (κ3) is 3.86.